The summed E-state index contributed by atoms with van der Waals surface area (Å²) in [6.07, 6.45) is 0. The SMILES string of the molecule is CNS(=O)(=O)c1ccccc1NC(CO)COC. The summed E-state index contributed by atoms with van der Waals surface area (Å²) >= 11 is 0. The Kier molecular flexibility index (Phi) is 5.54. The van der Waals surface area contributed by atoms with E-state index in [4.69, 9.17) is 9.84 Å². The minimum Gasteiger partial charge on any atom is -0.394 e. The van der Waals surface area contributed by atoms with E-state index in [9.17, 15) is 8.42 Å². The molecule has 0 spiro atoms. The zero-order valence-electron chi connectivity index (χ0n) is 10.4. The smallest absolute Gasteiger partial charge is 0.242 e. The van der Waals surface area contributed by atoms with Crippen LogP contribution in [0.15, 0.2) is 29.2 Å². The number of aliphatic hydroxyl groups excluding tert-OH is 1. The molecule has 0 aliphatic carbocycles. The number of rotatable bonds is 7. The van der Waals surface area contributed by atoms with Crippen molar-refractivity contribution in [3.8, 4) is 0 Å². The maximum absolute atomic E-state index is 11.8. The molecule has 0 saturated carbocycles. The average molecular weight is 274 g/mol. The van der Waals surface area contributed by atoms with Gasteiger partial charge in [-0.1, -0.05) is 12.1 Å². The third kappa shape index (κ3) is 3.67. The minimum absolute atomic E-state index is 0.141. The third-order valence-electron chi connectivity index (χ3n) is 2.39. The summed E-state index contributed by atoms with van der Waals surface area (Å²) in [4.78, 5) is 0.141. The third-order valence-corrected chi connectivity index (χ3v) is 3.87. The van der Waals surface area contributed by atoms with Gasteiger partial charge in [0.25, 0.3) is 0 Å². The molecule has 102 valence electrons. The van der Waals surface area contributed by atoms with Crippen molar-refractivity contribution in [3.05, 3.63) is 24.3 Å². The first-order chi connectivity index (χ1) is 8.55. The molecule has 0 heterocycles. The number of ether oxygens (including phenoxy) is 1. The predicted octanol–water partition coefficient (Wildman–Crippen LogP) is 0.0139. The second kappa shape index (κ2) is 6.69. The van der Waals surface area contributed by atoms with Gasteiger partial charge in [-0.3, -0.25) is 0 Å². The van der Waals surface area contributed by atoms with Crippen LogP contribution in [-0.2, 0) is 14.8 Å². The zero-order valence-corrected chi connectivity index (χ0v) is 11.2. The molecule has 1 aromatic carbocycles. The number of aliphatic hydroxyl groups is 1. The first-order valence-electron chi connectivity index (χ1n) is 5.44. The molecule has 0 aliphatic rings. The number of hydrogen-bond donors (Lipinski definition) is 3. The average Bonchev–Trinajstić information content (AvgIpc) is 2.38. The lowest BCUT2D eigenvalue weighted by atomic mass is 10.2. The fourth-order valence-corrected chi connectivity index (χ4v) is 2.39. The van der Waals surface area contributed by atoms with Gasteiger partial charge in [0.15, 0.2) is 0 Å². The van der Waals surface area contributed by atoms with Crippen molar-refractivity contribution in [1.29, 1.82) is 0 Å². The fourth-order valence-electron chi connectivity index (χ4n) is 1.49. The maximum atomic E-state index is 11.8. The number of sulfonamides is 1. The van der Waals surface area contributed by atoms with Crippen molar-refractivity contribution in [2.75, 3.05) is 32.7 Å². The first kappa shape index (κ1) is 14.9. The Labute approximate surface area is 107 Å². The van der Waals surface area contributed by atoms with Crippen molar-refractivity contribution in [3.63, 3.8) is 0 Å². The molecule has 18 heavy (non-hydrogen) atoms. The number of nitrogens with one attached hydrogen (secondary N) is 2. The Morgan fingerprint density at radius 2 is 2.06 bits per heavy atom. The Morgan fingerprint density at radius 3 is 2.61 bits per heavy atom. The van der Waals surface area contributed by atoms with Crippen molar-refractivity contribution in [2.45, 2.75) is 10.9 Å². The second-order valence-electron chi connectivity index (χ2n) is 3.68. The second-order valence-corrected chi connectivity index (χ2v) is 5.54. The molecular formula is C11H18N2O4S. The van der Waals surface area contributed by atoms with E-state index < -0.39 is 10.0 Å². The van der Waals surface area contributed by atoms with Gasteiger partial charge in [0.1, 0.15) is 4.90 Å². The zero-order chi connectivity index (χ0) is 13.6. The molecule has 0 amide bonds. The highest BCUT2D eigenvalue weighted by atomic mass is 32.2. The molecule has 1 aromatic rings. The summed E-state index contributed by atoms with van der Waals surface area (Å²) in [6.45, 7) is 0.131. The van der Waals surface area contributed by atoms with Crippen LogP contribution in [0.25, 0.3) is 0 Å². The highest BCUT2D eigenvalue weighted by molar-refractivity contribution is 7.89. The quantitative estimate of drug-likeness (QED) is 0.652. The molecule has 0 aliphatic heterocycles. The standard InChI is InChI=1S/C11H18N2O4S/c1-12-18(15,16)11-6-4-3-5-10(11)13-9(7-14)8-17-2/h3-6,9,12-14H,7-8H2,1-2H3. The topological polar surface area (TPSA) is 87.7 Å². The van der Waals surface area contributed by atoms with Crippen LogP contribution < -0.4 is 10.0 Å². The summed E-state index contributed by atoms with van der Waals surface area (Å²) < 4.78 is 30.8. The number of benzene rings is 1. The molecule has 0 fully saturated rings. The molecule has 0 saturated heterocycles. The van der Waals surface area contributed by atoms with E-state index >= 15 is 0 Å². The van der Waals surface area contributed by atoms with E-state index in [2.05, 4.69) is 10.0 Å². The van der Waals surface area contributed by atoms with E-state index in [-0.39, 0.29) is 24.2 Å². The molecule has 7 heteroatoms. The summed E-state index contributed by atoms with van der Waals surface area (Å²) in [5, 5.41) is 12.1. The van der Waals surface area contributed by atoms with E-state index in [1.165, 1.54) is 20.2 Å². The van der Waals surface area contributed by atoms with Gasteiger partial charge in [0, 0.05) is 7.11 Å². The normalized spacial score (nSPS) is 13.3. The number of hydrogen-bond acceptors (Lipinski definition) is 5. The molecular weight excluding hydrogens is 256 g/mol. The van der Waals surface area contributed by atoms with Crippen molar-refractivity contribution >= 4 is 15.7 Å². The number of para-hydroxylation sites is 1. The van der Waals surface area contributed by atoms with Crippen molar-refractivity contribution in [2.24, 2.45) is 0 Å². The fraction of sp³-hybridized carbons (Fsp3) is 0.455. The molecule has 1 atom stereocenters. The van der Waals surface area contributed by atoms with Crippen LogP contribution in [0.1, 0.15) is 0 Å². The van der Waals surface area contributed by atoms with Crippen LogP contribution in [0.3, 0.4) is 0 Å². The lowest BCUT2D eigenvalue weighted by Crippen LogP contribution is -2.30. The Balaban J connectivity index is 3.03. The first-order valence-corrected chi connectivity index (χ1v) is 6.92. The predicted molar refractivity (Wildman–Crippen MR) is 69.1 cm³/mol. The largest absolute Gasteiger partial charge is 0.394 e. The summed E-state index contributed by atoms with van der Waals surface area (Å²) in [5.41, 5.74) is 0.433. The summed E-state index contributed by atoms with van der Waals surface area (Å²) in [7, 11) is -0.666. The van der Waals surface area contributed by atoms with Crippen LogP contribution in [0.4, 0.5) is 5.69 Å². The number of anilines is 1. The lowest BCUT2D eigenvalue weighted by molar-refractivity contribution is 0.153. The van der Waals surface area contributed by atoms with Gasteiger partial charge >= 0.3 is 0 Å². The summed E-state index contributed by atoms with van der Waals surface area (Å²) in [6, 6.07) is 6.14. The lowest BCUT2D eigenvalue weighted by Gasteiger charge is -2.18. The molecule has 0 aromatic heterocycles. The number of methoxy groups -OCH3 is 1. The van der Waals surface area contributed by atoms with Crippen LogP contribution >= 0.6 is 0 Å². The van der Waals surface area contributed by atoms with Crippen LogP contribution in [0.5, 0.6) is 0 Å². The van der Waals surface area contributed by atoms with E-state index in [0.29, 0.717) is 5.69 Å². The van der Waals surface area contributed by atoms with Gasteiger partial charge in [0.2, 0.25) is 10.0 Å². The maximum Gasteiger partial charge on any atom is 0.242 e. The van der Waals surface area contributed by atoms with Gasteiger partial charge in [-0.25, -0.2) is 13.1 Å². The molecule has 1 rings (SSSR count). The van der Waals surface area contributed by atoms with E-state index in [1.54, 1.807) is 18.2 Å². The highest BCUT2D eigenvalue weighted by Gasteiger charge is 2.17. The Hall–Kier alpha value is -1.15. The van der Waals surface area contributed by atoms with Crippen LogP contribution in [0, 0.1) is 0 Å². The van der Waals surface area contributed by atoms with Crippen LogP contribution in [0.2, 0.25) is 0 Å². The van der Waals surface area contributed by atoms with E-state index in [1.807, 2.05) is 0 Å². The molecule has 0 bridgehead atoms. The Bertz CT molecular complexity index is 476. The van der Waals surface area contributed by atoms with Crippen LogP contribution in [-0.4, -0.2) is 46.9 Å². The van der Waals surface area contributed by atoms with Crippen molar-refractivity contribution in [1.82, 2.24) is 4.72 Å². The molecule has 0 radical (unpaired) electrons. The van der Waals surface area contributed by atoms with Gasteiger partial charge in [0.05, 0.1) is 24.9 Å². The van der Waals surface area contributed by atoms with Gasteiger partial charge in [-0.05, 0) is 19.2 Å². The minimum atomic E-state index is -3.53. The van der Waals surface area contributed by atoms with E-state index in [0.717, 1.165) is 0 Å². The van der Waals surface area contributed by atoms with Gasteiger partial charge < -0.3 is 15.2 Å². The van der Waals surface area contributed by atoms with Crippen molar-refractivity contribution < 1.29 is 18.3 Å². The van der Waals surface area contributed by atoms with Gasteiger partial charge in [-0.15, -0.1) is 0 Å². The molecule has 3 N–H and O–H groups in total. The molecule has 6 nitrogen and oxygen atoms in total. The van der Waals surface area contributed by atoms with Gasteiger partial charge in [-0.2, -0.15) is 0 Å². The molecule has 1 unspecified atom stereocenters. The Morgan fingerprint density at radius 1 is 1.39 bits per heavy atom. The summed E-state index contributed by atoms with van der Waals surface area (Å²) in [5.74, 6) is 0. The monoisotopic (exact) mass is 274 g/mol. The highest BCUT2D eigenvalue weighted by Crippen LogP contribution is 2.21.